The second-order valence-corrected chi connectivity index (χ2v) is 5.06. The smallest absolute Gasteiger partial charge is 0.280 e. The summed E-state index contributed by atoms with van der Waals surface area (Å²) in [5.41, 5.74) is -0.0586. The Labute approximate surface area is 143 Å². The fourth-order valence-electron chi connectivity index (χ4n) is 2.40. The van der Waals surface area contributed by atoms with Crippen molar-refractivity contribution in [1.82, 2.24) is 15.1 Å². The first-order valence-electron chi connectivity index (χ1n) is 7.30. The lowest BCUT2D eigenvalue weighted by Crippen LogP contribution is -2.24. The number of halogens is 2. The summed E-state index contributed by atoms with van der Waals surface area (Å²) in [6, 6.07) is 3.28. The minimum atomic E-state index is -2.81. The molecule has 0 bridgehead atoms. The highest BCUT2D eigenvalue weighted by atomic mass is 19.3. The Morgan fingerprint density at radius 1 is 1.20 bits per heavy atom. The van der Waals surface area contributed by atoms with Crippen LogP contribution in [0.15, 0.2) is 18.3 Å². The monoisotopic (exact) mass is 355 g/mol. The summed E-state index contributed by atoms with van der Waals surface area (Å²) in [5, 5.41) is 6.30. The summed E-state index contributed by atoms with van der Waals surface area (Å²) in [7, 11) is 5.79. The number of carbonyl (C=O) groups is 1. The number of aromatic nitrogens is 2. The van der Waals surface area contributed by atoms with E-state index in [9.17, 15) is 13.6 Å². The van der Waals surface area contributed by atoms with E-state index in [0.717, 1.165) is 10.9 Å². The van der Waals surface area contributed by atoms with Gasteiger partial charge in [0.2, 0.25) is 0 Å². The van der Waals surface area contributed by atoms with E-state index in [1.807, 2.05) is 0 Å². The van der Waals surface area contributed by atoms with Crippen molar-refractivity contribution in [1.29, 1.82) is 0 Å². The Bertz CT molecular complexity index is 737. The Morgan fingerprint density at radius 2 is 1.80 bits per heavy atom. The number of alkyl halides is 2. The first kappa shape index (κ1) is 18.5. The van der Waals surface area contributed by atoms with Crippen LogP contribution >= 0.6 is 0 Å². The van der Waals surface area contributed by atoms with Gasteiger partial charge in [0.15, 0.2) is 0 Å². The van der Waals surface area contributed by atoms with Gasteiger partial charge in [-0.1, -0.05) is 0 Å². The standard InChI is InChI=1S/C16H19F2N3O4/c1-21-14(15(17)18)11(8-20-21)16(22)19-7-10-12(24-3)5-9(23-2)6-13(10)25-4/h5-6,8,15H,7H2,1-4H3,(H,19,22). The lowest BCUT2D eigenvalue weighted by Gasteiger charge is -2.15. The van der Waals surface area contributed by atoms with Gasteiger partial charge in [-0.3, -0.25) is 9.48 Å². The van der Waals surface area contributed by atoms with Crippen molar-refractivity contribution in [2.75, 3.05) is 21.3 Å². The van der Waals surface area contributed by atoms with Crippen molar-refractivity contribution in [2.45, 2.75) is 13.0 Å². The summed E-state index contributed by atoms with van der Waals surface area (Å²) in [5.74, 6) is 0.743. The molecule has 0 saturated carbocycles. The zero-order valence-electron chi connectivity index (χ0n) is 14.3. The number of aryl methyl sites for hydroxylation is 1. The van der Waals surface area contributed by atoms with Gasteiger partial charge in [0.05, 0.1) is 45.2 Å². The molecule has 2 rings (SSSR count). The number of hydrogen-bond acceptors (Lipinski definition) is 5. The van der Waals surface area contributed by atoms with Crippen LogP contribution in [0.25, 0.3) is 0 Å². The maximum Gasteiger partial charge on any atom is 0.280 e. The van der Waals surface area contributed by atoms with Crippen molar-refractivity contribution in [3.05, 3.63) is 35.2 Å². The number of benzene rings is 1. The molecule has 2 aromatic rings. The van der Waals surface area contributed by atoms with Gasteiger partial charge in [-0.2, -0.15) is 5.10 Å². The molecule has 136 valence electrons. The molecule has 1 N–H and O–H groups in total. The van der Waals surface area contributed by atoms with Crippen molar-refractivity contribution in [2.24, 2.45) is 7.05 Å². The van der Waals surface area contributed by atoms with Crippen LogP contribution < -0.4 is 19.5 Å². The molecule has 1 amide bonds. The topological polar surface area (TPSA) is 74.6 Å². The van der Waals surface area contributed by atoms with Crippen LogP contribution in [-0.2, 0) is 13.6 Å². The number of hydrogen-bond donors (Lipinski definition) is 1. The third-order valence-electron chi connectivity index (χ3n) is 3.68. The minimum absolute atomic E-state index is 0.0206. The average Bonchev–Trinajstić information content (AvgIpc) is 3.00. The fraction of sp³-hybridized carbons (Fsp3) is 0.375. The van der Waals surface area contributed by atoms with E-state index in [1.54, 1.807) is 12.1 Å². The number of rotatable bonds is 7. The average molecular weight is 355 g/mol. The molecule has 25 heavy (non-hydrogen) atoms. The van der Waals surface area contributed by atoms with Crippen molar-refractivity contribution in [3.63, 3.8) is 0 Å². The second-order valence-electron chi connectivity index (χ2n) is 5.06. The molecular formula is C16H19F2N3O4. The van der Waals surface area contributed by atoms with Gasteiger partial charge < -0.3 is 19.5 Å². The van der Waals surface area contributed by atoms with Gasteiger partial charge in [0.25, 0.3) is 12.3 Å². The maximum atomic E-state index is 13.1. The maximum absolute atomic E-state index is 13.1. The molecule has 0 aliphatic heterocycles. The zero-order chi connectivity index (χ0) is 18.6. The molecule has 0 aliphatic rings. The van der Waals surface area contributed by atoms with Crippen molar-refractivity contribution in [3.8, 4) is 17.2 Å². The van der Waals surface area contributed by atoms with Crippen LogP contribution in [0.1, 0.15) is 28.0 Å². The summed E-state index contributed by atoms with van der Waals surface area (Å²) >= 11 is 0. The zero-order valence-corrected chi connectivity index (χ0v) is 14.3. The highest BCUT2D eigenvalue weighted by molar-refractivity contribution is 5.95. The molecule has 1 aromatic carbocycles. The molecule has 0 unspecified atom stereocenters. The largest absolute Gasteiger partial charge is 0.496 e. The van der Waals surface area contributed by atoms with Gasteiger partial charge in [-0.05, 0) is 0 Å². The Balaban J connectivity index is 2.25. The number of carbonyl (C=O) groups excluding carboxylic acids is 1. The third kappa shape index (κ3) is 3.81. The van der Waals surface area contributed by atoms with E-state index < -0.39 is 18.0 Å². The summed E-state index contributed by atoms with van der Waals surface area (Å²) in [6.07, 6.45) is -1.70. The molecule has 1 aromatic heterocycles. The van der Waals surface area contributed by atoms with E-state index in [2.05, 4.69) is 10.4 Å². The molecule has 7 nitrogen and oxygen atoms in total. The van der Waals surface area contributed by atoms with Crippen LogP contribution in [-0.4, -0.2) is 37.0 Å². The number of nitrogens with one attached hydrogen (secondary N) is 1. The highest BCUT2D eigenvalue weighted by Crippen LogP contribution is 2.34. The molecule has 0 radical (unpaired) electrons. The van der Waals surface area contributed by atoms with E-state index in [1.165, 1.54) is 28.4 Å². The summed E-state index contributed by atoms with van der Waals surface area (Å²) in [6.45, 7) is 0.0206. The first-order valence-corrected chi connectivity index (χ1v) is 7.30. The molecule has 0 saturated heterocycles. The molecule has 1 heterocycles. The van der Waals surface area contributed by atoms with Gasteiger partial charge in [-0.15, -0.1) is 0 Å². The van der Waals surface area contributed by atoms with E-state index >= 15 is 0 Å². The first-order chi connectivity index (χ1) is 11.9. The Hall–Kier alpha value is -2.84. The van der Waals surface area contributed by atoms with E-state index in [4.69, 9.17) is 14.2 Å². The van der Waals surface area contributed by atoms with Crippen LogP contribution in [0.3, 0.4) is 0 Å². The molecule has 0 spiro atoms. The van der Waals surface area contributed by atoms with Crippen LogP contribution in [0.4, 0.5) is 8.78 Å². The third-order valence-corrected chi connectivity index (χ3v) is 3.68. The molecular weight excluding hydrogens is 336 g/mol. The highest BCUT2D eigenvalue weighted by Gasteiger charge is 2.23. The normalized spacial score (nSPS) is 10.7. The molecule has 0 atom stereocenters. The fourth-order valence-corrected chi connectivity index (χ4v) is 2.40. The number of methoxy groups -OCH3 is 3. The van der Waals surface area contributed by atoms with Crippen LogP contribution in [0, 0.1) is 0 Å². The van der Waals surface area contributed by atoms with Crippen molar-refractivity contribution >= 4 is 5.91 Å². The van der Waals surface area contributed by atoms with E-state index in [-0.39, 0.29) is 12.1 Å². The quantitative estimate of drug-likeness (QED) is 0.825. The van der Waals surface area contributed by atoms with Gasteiger partial charge in [0.1, 0.15) is 22.9 Å². The Morgan fingerprint density at radius 3 is 2.28 bits per heavy atom. The number of amides is 1. The second kappa shape index (κ2) is 7.82. The van der Waals surface area contributed by atoms with Crippen LogP contribution in [0.5, 0.6) is 17.2 Å². The predicted molar refractivity (Wildman–Crippen MR) is 85.4 cm³/mol. The van der Waals surface area contributed by atoms with Gasteiger partial charge in [0, 0.05) is 19.2 Å². The molecule has 9 heteroatoms. The summed E-state index contributed by atoms with van der Waals surface area (Å²) in [4.78, 5) is 12.3. The Kier molecular flexibility index (Phi) is 5.79. The van der Waals surface area contributed by atoms with Crippen LogP contribution in [0.2, 0.25) is 0 Å². The minimum Gasteiger partial charge on any atom is -0.496 e. The van der Waals surface area contributed by atoms with Gasteiger partial charge in [-0.25, -0.2) is 8.78 Å². The number of nitrogens with zero attached hydrogens (tertiary/aromatic N) is 2. The van der Waals surface area contributed by atoms with Crippen molar-refractivity contribution < 1.29 is 27.8 Å². The van der Waals surface area contributed by atoms with Gasteiger partial charge >= 0.3 is 0 Å². The number of ether oxygens (including phenoxy) is 3. The van der Waals surface area contributed by atoms with E-state index in [0.29, 0.717) is 22.8 Å². The summed E-state index contributed by atoms with van der Waals surface area (Å²) < 4.78 is 42.8. The molecule has 0 fully saturated rings. The molecule has 0 aliphatic carbocycles. The lowest BCUT2D eigenvalue weighted by molar-refractivity contribution is 0.0933. The SMILES string of the molecule is COc1cc(OC)c(CNC(=O)c2cnn(C)c2C(F)F)c(OC)c1. The predicted octanol–water partition coefficient (Wildman–Crippen LogP) is 2.31. The lowest BCUT2D eigenvalue weighted by atomic mass is 10.1.